The summed E-state index contributed by atoms with van der Waals surface area (Å²) < 4.78 is 5.20. The zero-order valence-corrected chi connectivity index (χ0v) is 14.5. The molecule has 7 nitrogen and oxygen atoms in total. The van der Waals surface area contributed by atoms with Crippen LogP contribution in [0.1, 0.15) is 24.0 Å². The second-order valence-corrected chi connectivity index (χ2v) is 6.42. The lowest BCUT2D eigenvalue weighted by Crippen LogP contribution is -2.49. The number of nitro benzene ring substituents is 1. The van der Waals surface area contributed by atoms with E-state index in [9.17, 15) is 14.9 Å². The Bertz CT molecular complexity index is 789. The number of alkyl carbamates (subject to hydrolysis) is 1. The molecule has 1 aliphatic carbocycles. The van der Waals surface area contributed by atoms with Crippen LogP contribution in [0.4, 0.5) is 16.2 Å². The molecule has 0 unspecified atom stereocenters. The van der Waals surface area contributed by atoms with E-state index in [2.05, 4.69) is 10.6 Å². The van der Waals surface area contributed by atoms with Crippen molar-refractivity contribution in [3.05, 3.63) is 69.8 Å². The molecule has 0 bridgehead atoms. The van der Waals surface area contributed by atoms with Crippen LogP contribution in [-0.4, -0.2) is 23.1 Å². The van der Waals surface area contributed by atoms with E-state index in [0.29, 0.717) is 5.56 Å². The number of amides is 1. The minimum Gasteiger partial charge on any atom is -0.445 e. The van der Waals surface area contributed by atoms with Crippen molar-refractivity contribution in [2.75, 3.05) is 5.32 Å². The van der Waals surface area contributed by atoms with E-state index < -0.39 is 6.09 Å². The van der Waals surface area contributed by atoms with Gasteiger partial charge in [0.25, 0.3) is 5.69 Å². The Labute approximate surface area is 151 Å². The van der Waals surface area contributed by atoms with E-state index in [1.807, 2.05) is 36.4 Å². The molecule has 2 N–H and O–H groups in total. The lowest BCUT2D eigenvalue weighted by Gasteiger charge is -2.36. The van der Waals surface area contributed by atoms with Gasteiger partial charge in [-0.15, -0.1) is 0 Å². The first kappa shape index (κ1) is 17.7. The largest absolute Gasteiger partial charge is 0.445 e. The van der Waals surface area contributed by atoms with Crippen molar-refractivity contribution in [3.8, 4) is 0 Å². The molecule has 2 aromatic carbocycles. The van der Waals surface area contributed by atoms with Gasteiger partial charge < -0.3 is 15.4 Å². The number of carbonyl (C=O) groups is 1. The number of rotatable bonds is 6. The van der Waals surface area contributed by atoms with Crippen LogP contribution in [0.3, 0.4) is 0 Å². The van der Waals surface area contributed by atoms with Crippen molar-refractivity contribution in [1.29, 1.82) is 0 Å². The van der Waals surface area contributed by atoms with Crippen molar-refractivity contribution in [2.45, 2.75) is 38.5 Å². The molecule has 3 rings (SSSR count). The molecule has 0 radical (unpaired) electrons. The predicted octanol–water partition coefficient (Wildman–Crippen LogP) is 3.77. The van der Waals surface area contributed by atoms with E-state index in [4.69, 9.17) is 4.74 Å². The smallest absolute Gasteiger partial charge is 0.407 e. The van der Waals surface area contributed by atoms with Crippen molar-refractivity contribution in [2.24, 2.45) is 0 Å². The average Bonchev–Trinajstić information content (AvgIpc) is 2.60. The molecule has 0 atom stereocenters. The highest BCUT2D eigenvalue weighted by Gasteiger charge is 2.31. The third kappa shape index (κ3) is 4.30. The summed E-state index contributed by atoms with van der Waals surface area (Å²) in [5.74, 6) is 0. The number of nitrogens with zero attached hydrogens (tertiary/aromatic N) is 1. The van der Waals surface area contributed by atoms with Crippen LogP contribution in [0.25, 0.3) is 0 Å². The van der Waals surface area contributed by atoms with Crippen molar-refractivity contribution < 1.29 is 14.5 Å². The molecule has 136 valence electrons. The number of ether oxygens (including phenoxy) is 1. The summed E-state index contributed by atoms with van der Waals surface area (Å²) in [5, 5.41) is 17.1. The Hall–Kier alpha value is -3.09. The van der Waals surface area contributed by atoms with Gasteiger partial charge in [0.15, 0.2) is 0 Å². The number of hydrogen-bond acceptors (Lipinski definition) is 5. The Morgan fingerprint density at radius 1 is 1.15 bits per heavy atom. The lowest BCUT2D eigenvalue weighted by molar-refractivity contribution is -0.385. The standard InChI is InChI=1S/C19H21N3O4/c1-13-17(8-5-9-18(13)22(24)25)20-15-10-16(11-15)21-19(23)26-12-14-6-3-2-4-7-14/h2-9,15-16,20H,10-12H2,1H3,(H,21,23). The highest BCUT2D eigenvalue weighted by atomic mass is 16.6. The molecule has 2 aromatic rings. The van der Waals surface area contributed by atoms with Gasteiger partial charge in [-0.1, -0.05) is 36.4 Å². The van der Waals surface area contributed by atoms with Crippen LogP contribution in [0.5, 0.6) is 0 Å². The zero-order chi connectivity index (χ0) is 18.5. The second-order valence-electron chi connectivity index (χ2n) is 6.42. The molecular formula is C19H21N3O4. The normalized spacial score (nSPS) is 18.5. The van der Waals surface area contributed by atoms with Crippen LogP contribution in [-0.2, 0) is 11.3 Å². The summed E-state index contributed by atoms with van der Waals surface area (Å²) in [6.45, 7) is 1.98. The molecule has 0 heterocycles. The SMILES string of the molecule is Cc1c(NC2CC(NC(=O)OCc3ccccc3)C2)cccc1[N+](=O)[O-]. The Kier molecular flexibility index (Phi) is 5.36. The maximum absolute atomic E-state index is 11.8. The number of nitrogens with one attached hydrogen (secondary N) is 2. The van der Waals surface area contributed by atoms with Gasteiger partial charge in [-0.25, -0.2) is 4.79 Å². The fraction of sp³-hybridized carbons (Fsp3) is 0.316. The van der Waals surface area contributed by atoms with Gasteiger partial charge in [0, 0.05) is 29.4 Å². The zero-order valence-electron chi connectivity index (χ0n) is 14.5. The Morgan fingerprint density at radius 3 is 2.58 bits per heavy atom. The maximum Gasteiger partial charge on any atom is 0.407 e. The number of benzene rings is 2. The van der Waals surface area contributed by atoms with Crippen LogP contribution in [0.2, 0.25) is 0 Å². The van der Waals surface area contributed by atoms with E-state index >= 15 is 0 Å². The average molecular weight is 355 g/mol. The lowest BCUT2D eigenvalue weighted by atomic mass is 9.86. The summed E-state index contributed by atoms with van der Waals surface area (Å²) in [5.41, 5.74) is 2.43. The maximum atomic E-state index is 11.8. The third-order valence-electron chi connectivity index (χ3n) is 4.53. The van der Waals surface area contributed by atoms with Gasteiger partial charge in [0.1, 0.15) is 6.61 Å². The molecule has 1 aliphatic rings. The Balaban J connectivity index is 1.43. The van der Waals surface area contributed by atoms with E-state index in [-0.39, 0.29) is 29.3 Å². The second kappa shape index (κ2) is 7.86. The predicted molar refractivity (Wildman–Crippen MR) is 98.0 cm³/mol. The number of anilines is 1. The summed E-state index contributed by atoms with van der Waals surface area (Å²) in [4.78, 5) is 22.4. The van der Waals surface area contributed by atoms with Gasteiger partial charge >= 0.3 is 6.09 Å². The first-order chi connectivity index (χ1) is 12.5. The summed E-state index contributed by atoms with van der Waals surface area (Å²) >= 11 is 0. The van der Waals surface area contributed by atoms with Crippen LogP contribution in [0, 0.1) is 17.0 Å². The third-order valence-corrected chi connectivity index (χ3v) is 4.53. The van der Waals surface area contributed by atoms with Gasteiger partial charge in [-0.3, -0.25) is 10.1 Å². The number of nitro groups is 1. The fourth-order valence-corrected chi connectivity index (χ4v) is 2.98. The molecule has 1 fully saturated rings. The minimum atomic E-state index is -0.427. The highest BCUT2D eigenvalue weighted by molar-refractivity contribution is 5.68. The molecular weight excluding hydrogens is 334 g/mol. The first-order valence-electron chi connectivity index (χ1n) is 8.50. The number of hydrogen-bond donors (Lipinski definition) is 2. The number of carbonyl (C=O) groups excluding carboxylic acids is 1. The van der Waals surface area contributed by atoms with Gasteiger partial charge in [-0.05, 0) is 31.4 Å². The molecule has 0 saturated heterocycles. The molecule has 1 amide bonds. The summed E-state index contributed by atoms with van der Waals surface area (Å²) in [7, 11) is 0. The molecule has 0 aromatic heterocycles. The van der Waals surface area contributed by atoms with Gasteiger partial charge in [-0.2, -0.15) is 0 Å². The summed E-state index contributed by atoms with van der Waals surface area (Å²) in [6, 6.07) is 14.7. The molecule has 1 saturated carbocycles. The van der Waals surface area contributed by atoms with E-state index in [0.717, 1.165) is 24.1 Å². The molecule has 0 aliphatic heterocycles. The highest BCUT2D eigenvalue weighted by Crippen LogP contribution is 2.30. The quantitative estimate of drug-likeness (QED) is 0.608. The summed E-state index contributed by atoms with van der Waals surface area (Å²) in [6.07, 6.45) is 1.08. The fourth-order valence-electron chi connectivity index (χ4n) is 2.98. The van der Waals surface area contributed by atoms with Crippen molar-refractivity contribution >= 4 is 17.5 Å². The van der Waals surface area contributed by atoms with E-state index in [1.165, 1.54) is 6.07 Å². The van der Waals surface area contributed by atoms with Crippen molar-refractivity contribution in [1.82, 2.24) is 5.32 Å². The van der Waals surface area contributed by atoms with Gasteiger partial charge in [0.2, 0.25) is 0 Å². The monoisotopic (exact) mass is 355 g/mol. The van der Waals surface area contributed by atoms with Crippen LogP contribution in [0.15, 0.2) is 48.5 Å². The molecule has 7 heteroatoms. The first-order valence-corrected chi connectivity index (χ1v) is 8.50. The van der Waals surface area contributed by atoms with Crippen LogP contribution < -0.4 is 10.6 Å². The van der Waals surface area contributed by atoms with E-state index in [1.54, 1.807) is 13.0 Å². The Morgan fingerprint density at radius 2 is 1.88 bits per heavy atom. The molecule has 26 heavy (non-hydrogen) atoms. The topological polar surface area (TPSA) is 93.5 Å². The van der Waals surface area contributed by atoms with Gasteiger partial charge in [0.05, 0.1) is 4.92 Å². The molecule has 0 spiro atoms. The van der Waals surface area contributed by atoms with Crippen LogP contribution >= 0.6 is 0 Å². The van der Waals surface area contributed by atoms with Crippen molar-refractivity contribution in [3.63, 3.8) is 0 Å². The minimum absolute atomic E-state index is 0.0507.